The van der Waals surface area contributed by atoms with E-state index in [1.165, 1.54) is 51.4 Å². The van der Waals surface area contributed by atoms with Crippen LogP contribution in [0.5, 0.6) is 0 Å². The highest BCUT2D eigenvalue weighted by atomic mass is 14.2. The molecule has 0 bridgehead atoms. The van der Waals surface area contributed by atoms with Gasteiger partial charge in [0.2, 0.25) is 0 Å². The second-order valence-electron chi connectivity index (χ2n) is 4.83. The van der Waals surface area contributed by atoms with Crippen LogP contribution in [0.1, 0.15) is 51.4 Å². The molecule has 14 heavy (non-hydrogen) atoms. The van der Waals surface area contributed by atoms with Gasteiger partial charge in [0.25, 0.3) is 0 Å². The first kappa shape index (κ1) is 10.0. The van der Waals surface area contributed by atoms with Gasteiger partial charge in [0.05, 0.1) is 0 Å². The van der Waals surface area contributed by atoms with Gasteiger partial charge in [-0.2, -0.15) is 0 Å². The Kier molecular flexibility index (Phi) is 3.85. The summed E-state index contributed by atoms with van der Waals surface area (Å²) in [4.78, 5) is 0. The Morgan fingerprint density at radius 2 is 1.57 bits per heavy atom. The SMILES string of the molecule is C1=CCC(/C=C/C2CCCCC2)CC1. The maximum absolute atomic E-state index is 2.52. The van der Waals surface area contributed by atoms with Crippen LogP contribution in [0, 0.1) is 11.8 Å². The average Bonchev–Trinajstić information content (AvgIpc) is 2.29. The van der Waals surface area contributed by atoms with Gasteiger partial charge in [-0.25, -0.2) is 0 Å². The molecule has 2 rings (SSSR count). The first-order valence-corrected chi connectivity index (χ1v) is 6.28. The third kappa shape index (κ3) is 3.01. The first-order chi connectivity index (χ1) is 6.95. The van der Waals surface area contributed by atoms with E-state index in [0.717, 1.165) is 11.8 Å². The van der Waals surface area contributed by atoms with Crippen molar-refractivity contribution in [2.24, 2.45) is 11.8 Å². The molecule has 1 fully saturated rings. The molecule has 1 saturated carbocycles. The Balaban J connectivity index is 1.77. The van der Waals surface area contributed by atoms with Gasteiger partial charge in [-0.3, -0.25) is 0 Å². The summed E-state index contributed by atoms with van der Waals surface area (Å²) in [6, 6.07) is 0. The predicted molar refractivity (Wildman–Crippen MR) is 62.2 cm³/mol. The van der Waals surface area contributed by atoms with E-state index in [2.05, 4.69) is 24.3 Å². The van der Waals surface area contributed by atoms with E-state index in [4.69, 9.17) is 0 Å². The number of rotatable bonds is 2. The topological polar surface area (TPSA) is 0 Å². The molecule has 78 valence electrons. The van der Waals surface area contributed by atoms with Gasteiger partial charge < -0.3 is 0 Å². The van der Waals surface area contributed by atoms with E-state index in [0.29, 0.717) is 0 Å². The zero-order valence-electron chi connectivity index (χ0n) is 9.12. The van der Waals surface area contributed by atoms with Crippen LogP contribution in [0.3, 0.4) is 0 Å². The monoisotopic (exact) mass is 190 g/mol. The molecule has 0 radical (unpaired) electrons. The summed E-state index contributed by atoms with van der Waals surface area (Å²) in [5.41, 5.74) is 0. The van der Waals surface area contributed by atoms with E-state index >= 15 is 0 Å². The lowest BCUT2D eigenvalue weighted by atomic mass is 9.86. The zero-order chi connectivity index (χ0) is 9.64. The highest BCUT2D eigenvalue weighted by molar-refractivity contribution is 5.00. The largest absolute Gasteiger partial charge is 0.0885 e. The molecule has 0 heterocycles. The minimum Gasteiger partial charge on any atom is -0.0885 e. The van der Waals surface area contributed by atoms with Gasteiger partial charge in [0.1, 0.15) is 0 Å². The van der Waals surface area contributed by atoms with Crippen molar-refractivity contribution in [3.8, 4) is 0 Å². The Morgan fingerprint density at radius 1 is 0.786 bits per heavy atom. The summed E-state index contributed by atoms with van der Waals surface area (Å²) in [6.07, 6.45) is 20.9. The summed E-state index contributed by atoms with van der Waals surface area (Å²) >= 11 is 0. The summed E-state index contributed by atoms with van der Waals surface area (Å²) in [5, 5.41) is 0. The van der Waals surface area contributed by atoms with Crippen LogP contribution < -0.4 is 0 Å². The van der Waals surface area contributed by atoms with E-state index in [1.807, 2.05) is 0 Å². The highest BCUT2D eigenvalue weighted by Gasteiger charge is 2.11. The summed E-state index contributed by atoms with van der Waals surface area (Å²) in [7, 11) is 0. The van der Waals surface area contributed by atoms with Crippen molar-refractivity contribution in [3.05, 3.63) is 24.3 Å². The first-order valence-electron chi connectivity index (χ1n) is 6.28. The molecule has 1 unspecified atom stereocenters. The minimum atomic E-state index is 0.849. The van der Waals surface area contributed by atoms with Gasteiger partial charge in [-0.05, 0) is 43.9 Å². The van der Waals surface area contributed by atoms with Gasteiger partial charge in [0.15, 0.2) is 0 Å². The molecule has 2 aliphatic rings. The molecule has 1 atom stereocenters. The standard InChI is InChI=1S/C14H22/c1-3-7-13(8-4-1)11-12-14-9-5-2-6-10-14/h1,3,11-14H,2,4-10H2/b12-11+. The van der Waals surface area contributed by atoms with Crippen LogP contribution in [0.25, 0.3) is 0 Å². The van der Waals surface area contributed by atoms with Gasteiger partial charge in [-0.15, -0.1) is 0 Å². The van der Waals surface area contributed by atoms with Crippen molar-refractivity contribution in [1.82, 2.24) is 0 Å². The van der Waals surface area contributed by atoms with E-state index < -0.39 is 0 Å². The Hall–Kier alpha value is -0.520. The quantitative estimate of drug-likeness (QED) is 0.563. The van der Waals surface area contributed by atoms with Crippen molar-refractivity contribution in [1.29, 1.82) is 0 Å². The third-order valence-electron chi connectivity index (χ3n) is 3.61. The van der Waals surface area contributed by atoms with Crippen molar-refractivity contribution in [2.75, 3.05) is 0 Å². The predicted octanol–water partition coefficient (Wildman–Crippen LogP) is 4.48. The fourth-order valence-electron chi connectivity index (χ4n) is 2.63. The molecule has 0 spiro atoms. The zero-order valence-corrected chi connectivity index (χ0v) is 9.12. The molecule has 0 N–H and O–H groups in total. The van der Waals surface area contributed by atoms with Crippen molar-refractivity contribution in [2.45, 2.75) is 51.4 Å². The fourth-order valence-corrected chi connectivity index (χ4v) is 2.63. The van der Waals surface area contributed by atoms with Crippen molar-refractivity contribution in [3.63, 3.8) is 0 Å². The molecular weight excluding hydrogens is 168 g/mol. The van der Waals surface area contributed by atoms with E-state index in [9.17, 15) is 0 Å². The number of hydrogen-bond acceptors (Lipinski definition) is 0. The molecule has 0 aromatic rings. The molecule has 0 amide bonds. The Bertz CT molecular complexity index is 206. The third-order valence-corrected chi connectivity index (χ3v) is 3.61. The molecule has 0 aromatic heterocycles. The lowest BCUT2D eigenvalue weighted by molar-refractivity contribution is 0.416. The normalized spacial score (nSPS) is 29.9. The second kappa shape index (κ2) is 5.38. The number of allylic oxidation sites excluding steroid dienone is 4. The molecular formula is C14H22. The highest BCUT2D eigenvalue weighted by Crippen LogP contribution is 2.26. The maximum Gasteiger partial charge on any atom is -0.0196 e. The molecule has 0 aromatic carbocycles. The van der Waals surface area contributed by atoms with E-state index in [-0.39, 0.29) is 0 Å². The van der Waals surface area contributed by atoms with Gasteiger partial charge in [0, 0.05) is 0 Å². The smallest absolute Gasteiger partial charge is 0.0196 e. The lowest BCUT2D eigenvalue weighted by Gasteiger charge is -2.19. The van der Waals surface area contributed by atoms with Crippen LogP contribution >= 0.6 is 0 Å². The molecule has 0 aliphatic heterocycles. The Labute approximate surface area is 88.1 Å². The van der Waals surface area contributed by atoms with Gasteiger partial charge in [-0.1, -0.05) is 43.6 Å². The second-order valence-corrected chi connectivity index (χ2v) is 4.83. The molecule has 0 saturated heterocycles. The molecule has 0 heteroatoms. The summed E-state index contributed by atoms with van der Waals surface area (Å²) < 4.78 is 0. The number of hydrogen-bond donors (Lipinski definition) is 0. The van der Waals surface area contributed by atoms with Crippen LogP contribution in [0.2, 0.25) is 0 Å². The average molecular weight is 190 g/mol. The van der Waals surface area contributed by atoms with E-state index in [1.54, 1.807) is 0 Å². The van der Waals surface area contributed by atoms with Crippen molar-refractivity contribution >= 4 is 0 Å². The summed E-state index contributed by atoms with van der Waals surface area (Å²) in [6.45, 7) is 0. The summed E-state index contributed by atoms with van der Waals surface area (Å²) in [5.74, 6) is 1.76. The minimum absolute atomic E-state index is 0.849. The van der Waals surface area contributed by atoms with Crippen molar-refractivity contribution < 1.29 is 0 Å². The van der Waals surface area contributed by atoms with Crippen LogP contribution in [-0.2, 0) is 0 Å². The van der Waals surface area contributed by atoms with Crippen LogP contribution in [0.4, 0.5) is 0 Å². The van der Waals surface area contributed by atoms with Crippen LogP contribution in [-0.4, -0.2) is 0 Å². The van der Waals surface area contributed by atoms with Gasteiger partial charge >= 0.3 is 0 Å². The molecule has 0 nitrogen and oxygen atoms in total. The van der Waals surface area contributed by atoms with Crippen LogP contribution in [0.15, 0.2) is 24.3 Å². The Morgan fingerprint density at radius 3 is 2.29 bits per heavy atom. The lowest BCUT2D eigenvalue weighted by Crippen LogP contribution is -2.04. The fraction of sp³-hybridized carbons (Fsp3) is 0.714. The maximum atomic E-state index is 2.52. The molecule has 2 aliphatic carbocycles.